The summed E-state index contributed by atoms with van der Waals surface area (Å²) in [6.07, 6.45) is 1.77. The predicted octanol–water partition coefficient (Wildman–Crippen LogP) is 3.51. The number of benzene rings is 2. The number of nitrogens with one attached hydrogen (secondary N) is 1. The van der Waals surface area contributed by atoms with Crippen molar-refractivity contribution >= 4 is 10.9 Å². The minimum atomic E-state index is 0.0487. The third-order valence-corrected chi connectivity index (χ3v) is 3.44. The number of methoxy groups -OCH3 is 1. The van der Waals surface area contributed by atoms with E-state index in [4.69, 9.17) is 4.74 Å². The zero-order valence-corrected chi connectivity index (χ0v) is 11.4. The van der Waals surface area contributed by atoms with Crippen molar-refractivity contribution in [3.63, 3.8) is 0 Å². The Bertz CT molecular complexity index is 817. The molecule has 0 amide bonds. The second kappa shape index (κ2) is 4.85. The first-order valence-corrected chi connectivity index (χ1v) is 6.45. The van der Waals surface area contributed by atoms with Crippen molar-refractivity contribution in [1.82, 2.24) is 4.98 Å². The van der Waals surface area contributed by atoms with Crippen LogP contribution in [-0.2, 0) is 0 Å². The number of aromatic nitrogens is 1. The molecule has 1 aromatic heterocycles. The maximum atomic E-state index is 12.6. The van der Waals surface area contributed by atoms with Crippen LogP contribution in [0.3, 0.4) is 0 Å². The van der Waals surface area contributed by atoms with Crippen LogP contribution in [0.5, 0.6) is 5.75 Å². The average Bonchev–Trinajstić information content (AvgIpc) is 2.48. The molecule has 0 radical (unpaired) electrons. The average molecular weight is 265 g/mol. The summed E-state index contributed by atoms with van der Waals surface area (Å²) in [5, 5.41) is 0.721. The van der Waals surface area contributed by atoms with E-state index in [9.17, 15) is 4.79 Å². The lowest BCUT2D eigenvalue weighted by atomic mass is 10.0. The largest absolute Gasteiger partial charge is 0.497 e. The van der Waals surface area contributed by atoms with Crippen LogP contribution in [0.1, 0.15) is 5.56 Å². The summed E-state index contributed by atoms with van der Waals surface area (Å²) >= 11 is 0. The first kappa shape index (κ1) is 12.5. The highest BCUT2D eigenvalue weighted by molar-refractivity contribution is 5.83. The molecular formula is C17H15NO2. The summed E-state index contributed by atoms with van der Waals surface area (Å²) in [6.45, 7) is 1.99. The number of fused-ring (bicyclic) bond motifs is 1. The van der Waals surface area contributed by atoms with Crippen LogP contribution in [-0.4, -0.2) is 12.1 Å². The van der Waals surface area contributed by atoms with Gasteiger partial charge in [0.15, 0.2) is 5.43 Å². The summed E-state index contributed by atoms with van der Waals surface area (Å²) in [6, 6.07) is 13.3. The normalized spacial score (nSPS) is 10.7. The second-order valence-corrected chi connectivity index (χ2v) is 4.81. The minimum Gasteiger partial charge on any atom is -0.497 e. The van der Waals surface area contributed by atoms with Crippen LogP contribution in [0.25, 0.3) is 22.0 Å². The Morgan fingerprint density at radius 2 is 1.80 bits per heavy atom. The quantitative estimate of drug-likeness (QED) is 0.770. The van der Waals surface area contributed by atoms with E-state index in [1.54, 1.807) is 13.3 Å². The van der Waals surface area contributed by atoms with E-state index in [1.807, 2.05) is 49.4 Å². The monoisotopic (exact) mass is 265 g/mol. The standard InChI is InChI=1S/C17H15NO2/c1-11-3-8-16-14(9-11)17(19)15(10-18-16)12-4-6-13(20-2)7-5-12/h3-10H,1-2H3,(H,18,19). The second-order valence-electron chi connectivity index (χ2n) is 4.81. The molecule has 3 nitrogen and oxygen atoms in total. The lowest BCUT2D eigenvalue weighted by molar-refractivity contribution is 0.415. The third-order valence-electron chi connectivity index (χ3n) is 3.44. The maximum Gasteiger partial charge on any atom is 0.197 e. The summed E-state index contributed by atoms with van der Waals surface area (Å²) in [4.78, 5) is 15.8. The number of hydrogen-bond donors (Lipinski definition) is 1. The topological polar surface area (TPSA) is 42.1 Å². The van der Waals surface area contributed by atoms with E-state index in [2.05, 4.69) is 4.98 Å². The van der Waals surface area contributed by atoms with Gasteiger partial charge in [-0.25, -0.2) is 0 Å². The van der Waals surface area contributed by atoms with E-state index in [0.29, 0.717) is 5.56 Å². The van der Waals surface area contributed by atoms with Gasteiger partial charge in [-0.1, -0.05) is 23.8 Å². The summed E-state index contributed by atoms with van der Waals surface area (Å²) in [7, 11) is 1.63. The van der Waals surface area contributed by atoms with Crippen LogP contribution < -0.4 is 10.2 Å². The molecule has 0 saturated carbocycles. The Balaban J connectivity index is 2.20. The molecule has 3 rings (SSSR count). The van der Waals surface area contributed by atoms with Crippen molar-refractivity contribution < 1.29 is 4.74 Å². The van der Waals surface area contributed by atoms with Gasteiger partial charge in [0.25, 0.3) is 0 Å². The highest BCUT2D eigenvalue weighted by Gasteiger charge is 2.07. The Hall–Kier alpha value is -2.55. The first-order chi connectivity index (χ1) is 9.69. The summed E-state index contributed by atoms with van der Waals surface area (Å²) in [5.41, 5.74) is 3.54. The number of aromatic amines is 1. The molecule has 20 heavy (non-hydrogen) atoms. The molecule has 0 fully saturated rings. The van der Waals surface area contributed by atoms with Gasteiger partial charge in [-0.05, 0) is 36.8 Å². The molecule has 0 atom stereocenters. The highest BCUT2D eigenvalue weighted by Crippen LogP contribution is 2.21. The van der Waals surface area contributed by atoms with Gasteiger partial charge in [0, 0.05) is 22.7 Å². The number of H-pyrrole nitrogens is 1. The van der Waals surface area contributed by atoms with Crippen LogP contribution in [0.4, 0.5) is 0 Å². The van der Waals surface area contributed by atoms with Crippen LogP contribution in [0, 0.1) is 6.92 Å². The predicted molar refractivity (Wildman–Crippen MR) is 81.3 cm³/mol. The van der Waals surface area contributed by atoms with Crippen molar-refractivity contribution in [1.29, 1.82) is 0 Å². The number of aryl methyl sites for hydroxylation is 1. The fourth-order valence-corrected chi connectivity index (χ4v) is 2.32. The van der Waals surface area contributed by atoms with E-state index >= 15 is 0 Å². The molecule has 0 aliphatic carbocycles. The van der Waals surface area contributed by atoms with Crippen molar-refractivity contribution in [2.45, 2.75) is 6.92 Å². The Morgan fingerprint density at radius 3 is 2.50 bits per heavy atom. The highest BCUT2D eigenvalue weighted by atomic mass is 16.5. The fourth-order valence-electron chi connectivity index (χ4n) is 2.32. The van der Waals surface area contributed by atoms with Gasteiger partial charge in [0.05, 0.1) is 7.11 Å². The molecule has 3 aromatic rings. The van der Waals surface area contributed by atoms with Gasteiger partial charge < -0.3 is 9.72 Å². The van der Waals surface area contributed by atoms with Gasteiger partial charge in [0.2, 0.25) is 0 Å². The summed E-state index contributed by atoms with van der Waals surface area (Å²) in [5.74, 6) is 0.779. The van der Waals surface area contributed by atoms with Crippen molar-refractivity contribution in [2.75, 3.05) is 7.11 Å². The van der Waals surface area contributed by atoms with E-state index < -0.39 is 0 Å². The SMILES string of the molecule is COc1ccc(-c2c[nH]c3ccc(C)cc3c2=O)cc1. The Kier molecular flexibility index (Phi) is 3.03. The van der Waals surface area contributed by atoms with Crippen molar-refractivity contribution in [2.24, 2.45) is 0 Å². The van der Waals surface area contributed by atoms with Gasteiger partial charge in [-0.15, -0.1) is 0 Å². The molecule has 0 unspecified atom stereocenters. The van der Waals surface area contributed by atoms with Crippen LogP contribution in [0.2, 0.25) is 0 Å². The number of hydrogen-bond acceptors (Lipinski definition) is 2. The molecular weight excluding hydrogens is 250 g/mol. The van der Waals surface area contributed by atoms with Gasteiger partial charge >= 0.3 is 0 Å². The molecule has 1 N–H and O–H groups in total. The number of pyridine rings is 1. The smallest absolute Gasteiger partial charge is 0.197 e. The fraction of sp³-hybridized carbons (Fsp3) is 0.118. The third kappa shape index (κ3) is 2.07. The molecule has 0 saturated heterocycles. The Morgan fingerprint density at radius 1 is 1.05 bits per heavy atom. The minimum absolute atomic E-state index is 0.0487. The number of rotatable bonds is 2. The van der Waals surface area contributed by atoms with Crippen LogP contribution >= 0.6 is 0 Å². The van der Waals surface area contributed by atoms with E-state index in [0.717, 1.165) is 27.8 Å². The molecule has 1 heterocycles. The van der Waals surface area contributed by atoms with E-state index in [-0.39, 0.29) is 5.43 Å². The summed E-state index contributed by atoms with van der Waals surface area (Å²) < 4.78 is 5.14. The van der Waals surface area contributed by atoms with E-state index in [1.165, 1.54) is 0 Å². The zero-order valence-electron chi connectivity index (χ0n) is 11.4. The van der Waals surface area contributed by atoms with Crippen molar-refractivity contribution in [3.05, 3.63) is 64.4 Å². The number of ether oxygens (including phenoxy) is 1. The van der Waals surface area contributed by atoms with Crippen molar-refractivity contribution in [3.8, 4) is 16.9 Å². The molecule has 2 aromatic carbocycles. The molecule has 0 bridgehead atoms. The lowest BCUT2D eigenvalue weighted by Crippen LogP contribution is -2.06. The van der Waals surface area contributed by atoms with Gasteiger partial charge in [-0.3, -0.25) is 4.79 Å². The van der Waals surface area contributed by atoms with Gasteiger partial charge in [-0.2, -0.15) is 0 Å². The van der Waals surface area contributed by atoms with Gasteiger partial charge in [0.1, 0.15) is 5.75 Å². The molecule has 0 aliphatic heterocycles. The molecule has 100 valence electrons. The molecule has 3 heteroatoms. The van der Waals surface area contributed by atoms with Crippen LogP contribution in [0.15, 0.2) is 53.5 Å². The molecule has 0 spiro atoms. The first-order valence-electron chi connectivity index (χ1n) is 6.45. The molecule has 0 aliphatic rings. The lowest BCUT2D eigenvalue weighted by Gasteiger charge is -2.05. The Labute approximate surface area is 116 Å². The maximum absolute atomic E-state index is 12.6. The zero-order chi connectivity index (χ0) is 14.1.